The van der Waals surface area contributed by atoms with Gasteiger partial charge in [0.2, 0.25) is 0 Å². The lowest BCUT2D eigenvalue weighted by Crippen LogP contribution is -2.17. The number of imidazole rings is 1. The van der Waals surface area contributed by atoms with E-state index in [1.165, 1.54) is 18.2 Å². The number of para-hydroxylation sites is 1. The van der Waals surface area contributed by atoms with E-state index in [1.807, 2.05) is 6.92 Å². The first-order chi connectivity index (χ1) is 11.9. The lowest BCUT2D eigenvalue weighted by Gasteiger charge is -2.11. The molecule has 0 amide bonds. The van der Waals surface area contributed by atoms with Crippen molar-refractivity contribution in [1.29, 1.82) is 0 Å². The van der Waals surface area contributed by atoms with E-state index < -0.39 is 6.36 Å². The average molecular weight is 350 g/mol. The van der Waals surface area contributed by atoms with E-state index in [9.17, 15) is 13.2 Å². The Kier molecular flexibility index (Phi) is 4.57. The van der Waals surface area contributed by atoms with Crippen molar-refractivity contribution in [3.63, 3.8) is 0 Å². The van der Waals surface area contributed by atoms with E-state index in [0.717, 1.165) is 24.2 Å². The second kappa shape index (κ2) is 6.66. The first-order valence-electron chi connectivity index (χ1n) is 7.88. The molecular weight excluding hydrogens is 333 g/mol. The summed E-state index contributed by atoms with van der Waals surface area (Å²) in [5, 5.41) is 0. The minimum absolute atomic E-state index is 0.225. The maximum absolute atomic E-state index is 12.6. The number of hydrogen-bond acceptors (Lipinski definition) is 3. The monoisotopic (exact) mass is 350 g/mol. The van der Waals surface area contributed by atoms with Crippen molar-refractivity contribution in [2.24, 2.45) is 0 Å². The third-order valence-electron chi connectivity index (χ3n) is 3.70. The van der Waals surface area contributed by atoms with Crippen molar-refractivity contribution in [2.75, 3.05) is 0 Å². The van der Waals surface area contributed by atoms with Crippen LogP contribution in [-0.4, -0.2) is 16.3 Å². The number of nitrogens with zero attached hydrogens (tertiary/aromatic N) is 1. The smallest absolute Gasteiger partial charge is 0.453 e. The molecule has 0 atom stereocenters. The summed E-state index contributed by atoms with van der Waals surface area (Å²) >= 11 is 0. The molecule has 0 fully saturated rings. The predicted octanol–water partition coefficient (Wildman–Crippen LogP) is 5.50. The highest BCUT2D eigenvalue weighted by Crippen LogP contribution is 2.36. The van der Waals surface area contributed by atoms with Crippen LogP contribution in [0.25, 0.3) is 22.9 Å². The molecule has 0 radical (unpaired) electrons. The number of aromatic nitrogens is 2. The van der Waals surface area contributed by atoms with Crippen molar-refractivity contribution in [2.45, 2.75) is 33.1 Å². The van der Waals surface area contributed by atoms with Crippen LogP contribution in [0.4, 0.5) is 13.2 Å². The van der Waals surface area contributed by atoms with Crippen molar-refractivity contribution in [3.8, 4) is 28.7 Å². The fourth-order valence-electron chi connectivity index (χ4n) is 2.60. The molecule has 0 unspecified atom stereocenters. The lowest BCUT2D eigenvalue weighted by atomic mass is 10.1. The molecule has 3 rings (SSSR count). The second-order valence-electron chi connectivity index (χ2n) is 5.61. The molecule has 0 saturated carbocycles. The number of furan rings is 1. The fourth-order valence-corrected chi connectivity index (χ4v) is 2.60. The molecule has 0 aliphatic rings. The first-order valence-corrected chi connectivity index (χ1v) is 7.88. The largest absolute Gasteiger partial charge is 0.573 e. The summed E-state index contributed by atoms with van der Waals surface area (Å²) in [4.78, 5) is 7.63. The van der Waals surface area contributed by atoms with E-state index in [4.69, 9.17) is 4.42 Å². The molecule has 7 heteroatoms. The molecule has 0 aliphatic carbocycles. The number of aryl methyl sites for hydroxylation is 2. The maximum atomic E-state index is 12.6. The Morgan fingerprint density at radius 3 is 2.56 bits per heavy atom. The zero-order valence-electron chi connectivity index (χ0n) is 13.8. The molecule has 0 spiro atoms. The van der Waals surface area contributed by atoms with Gasteiger partial charge in [-0.2, -0.15) is 0 Å². The van der Waals surface area contributed by atoms with Gasteiger partial charge in [0.25, 0.3) is 0 Å². The third kappa shape index (κ3) is 3.87. The van der Waals surface area contributed by atoms with Crippen LogP contribution in [0.5, 0.6) is 5.75 Å². The van der Waals surface area contributed by atoms with Gasteiger partial charge in [0.1, 0.15) is 11.5 Å². The van der Waals surface area contributed by atoms with Crippen LogP contribution in [0.15, 0.2) is 40.8 Å². The fraction of sp³-hybridized carbons (Fsp3) is 0.278. The third-order valence-corrected chi connectivity index (χ3v) is 3.70. The molecule has 0 saturated heterocycles. The number of benzene rings is 1. The molecule has 132 valence electrons. The van der Waals surface area contributed by atoms with Gasteiger partial charge in [-0.15, -0.1) is 13.2 Å². The minimum atomic E-state index is -4.77. The molecule has 2 aromatic heterocycles. The van der Waals surface area contributed by atoms with Gasteiger partial charge in [-0.3, -0.25) is 0 Å². The molecule has 4 nitrogen and oxygen atoms in total. The standard InChI is InChI=1S/C18H17F3N2O2/c1-3-6-13-11(2)22-17(23-13)16-10-9-14(24-16)12-7-4-5-8-15(12)25-18(19,20)21/h4-5,7-10H,3,6H2,1-2H3,(H,22,23). The molecule has 0 bridgehead atoms. The van der Waals surface area contributed by atoms with E-state index in [1.54, 1.807) is 18.2 Å². The summed E-state index contributed by atoms with van der Waals surface area (Å²) in [5.74, 6) is 0.989. The van der Waals surface area contributed by atoms with Crippen molar-refractivity contribution in [3.05, 3.63) is 47.8 Å². The first kappa shape index (κ1) is 17.1. The van der Waals surface area contributed by atoms with Gasteiger partial charge in [-0.1, -0.05) is 25.5 Å². The van der Waals surface area contributed by atoms with Gasteiger partial charge in [0.05, 0.1) is 11.3 Å². The summed E-state index contributed by atoms with van der Waals surface area (Å²) in [6.45, 7) is 3.98. The quantitative estimate of drug-likeness (QED) is 0.661. The average Bonchev–Trinajstić information content (AvgIpc) is 3.14. The van der Waals surface area contributed by atoms with Crippen molar-refractivity contribution < 1.29 is 22.3 Å². The maximum Gasteiger partial charge on any atom is 0.573 e. The van der Waals surface area contributed by atoms with Crippen LogP contribution < -0.4 is 4.74 Å². The van der Waals surface area contributed by atoms with Gasteiger partial charge in [-0.05, 0) is 37.6 Å². The number of hydrogen-bond donors (Lipinski definition) is 1. The van der Waals surface area contributed by atoms with Gasteiger partial charge >= 0.3 is 6.36 Å². The SMILES string of the molecule is CCCc1[nH]c(-c2ccc(-c3ccccc3OC(F)(F)F)o2)nc1C. The predicted molar refractivity (Wildman–Crippen MR) is 87.1 cm³/mol. The lowest BCUT2D eigenvalue weighted by molar-refractivity contribution is -0.274. The van der Waals surface area contributed by atoms with Crippen LogP contribution in [0, 0.1) is 6.92 Å². The number of alkyl halides is 3. The molecule has 1 N–H and O–H groups in total. The Balaban J connectivity index is 1.93. The van der Waals surface area contributed by atoms with Crippen molar-refractivity contribution in [1.82, 2.24) is 9.97 Å². The summed E-state index contributed by atoms with van der Waals surface area (Å²) in [6.07, 6.45) is -2.92. The van der Waals surface area contributed by atoms with Crippen LogP contribution >= 0.6 is 0 Å². The second-order valence-corrected chi connectivity index (χ2v) is 5.61. The van der Waals surface area contributed by atoms with E-state index in [-0.39, 0.29) is 17.1 Å². The van der Waals surface area contributed by atoms with Gasteiger partial charge in [0, 0.05) is 5.69 Å². The zero-order valence-corrected chi connectivity index (χ0v) is 13.8. The highest BCUT2D eigenvalue weighted by Gasteiger charge is 2.32. The van der Waals surface area contributed by atoms with Gasteiger partial charge in [0.15, 0.2) is 11.6 Å². The van der Waals surface area contributed by atoms with Gasteiger partial charge in [-0.25, -0.2) is 4.98 Å². The Morgan fingerprint density at radius 1 is 1.12 bits per heavy atom. The number of nitrogens with one attached hydrogen (secondary N) is 1. The summed E-state index contributed by atoms with van der Waals surface area (Å²) < 4.78 is 47.5. The Labute approximate surface area is 142 Å². The molecule has 2 heterocycles. The minimum Gasteiger partial charge on any atom is -0.453 e. The molecule has 25 heavy (non-hydrogen) atoms. The number of ether oxygens (including phenoxy) is 1. The highest BCUT2D eigenvalue weighted by atomic mass is 19.4. The number of aromatic amines is 1. The van der Waals surface area contributed by atoms with E-state index in [2.05, 4.69) is 21.6 Å². The van der Waals surface area contributed by atoms with Gasteiger partial charge < -0.3 is 14.1 Å². The van der Waals surface area contributed by atoms with E-state index >= 15 is 0 Å². The number of halogens is 3. The summed E-state index contributed by atoms with van der Waals surface area (Å²) in [5.41, 5.74) is 2.13. The summed E-state index contributed by atoms with van der Waals surface area (Å²) in [6, 6.07) is 9.14. The van der Waals surface area contributed by atoms with E-state index in [0.29, 0.717) is 11.6 Å². The van der Waals surface area contributed by atoms with Crippen LogP contribution in [0.3, 0.4) is 0 Å². The highest BCUT2D eigenvalue weighted by molar-refractivity contribution is 5.68. The van der Waals surface area contributed by atoms with Crippen LogP contribution in [0.2, 0.25) is 0 Å². The Hall–Kier alpha value is -2.70. The van der Waals surface area contributed by atoms with Crippen molar-refractivity contribution >= 4 is 0 Å². The zero-order chi connectivity index (χ0) is 18.0. The van der Waals surface area contributed by atoms with Crippen LogP contribution in [-0.2, 0) is 6.42 Å². The molecule has 0 aliphatic heterocycles. The van der Waals surface area contributed by atoms with Crippen LogP contribution in [0.1, 0.15) is 24.7 Å². The number of H-pyrrole nitrogens is 1. The normalized spacial score (nSPS) is 11.7. The molecule has 3 aromatic rings. The molecular formula is C18H17F3N2O2. The number of rotatable bonds is 5. The summed E-state index contributed by atoms with van der Waals surface area (Å²) in [7, 11) is 0. The topological polar surface area (TPSA) is 51.0 Å². The Morgan fingerprint density at radius 2 is 1.84 bits per heavy atom. The Bertz CT molecular complexity index is 865. The molecule has 1 aromatic carbocycles.